The van der Waals surface area contributed by atoms with E-state index in [1.807, 2.05) is 32.9 Å². The molecule has 0 spiro atoms. The molecule has 0 aliphatic carbocycles. The first kappa shape index (κ1) is 17.1. The number of hydrogen-bond donors (Lipinski definition) is 2. The van der Waals surface area contributed by atoms with Crippen LogP contribution in [0, 0.1) is 0 Å². The fourth-order valence-electron chi connectivity index (χ4n) is 1.86. The molecule has 0 atom stereocenters. The molecule has 0 unspecified atom stereocenters. The van der Waals surface area contributed by atoms with Crippen molar-refractivity contribution in [1.82, 2.24) is 10.3 Å². The van der Waals surface area contributed by atoms with E-state index in [4.69, 9.17) is 9.47 Å². The molecule has 124 valence electrons. The molecular weight excluding hydrogens is 314 g/mol. The lowest BCUT2D eigenvalue weighted by Gasteiger charge is -2.19. The number of anilines is 2. The number of amides is 1. The third kappa shape index (κ3) is 4.59. The second-order valence-electron chi connectivity index (χ2n) is 5.93. The average molecular weight is 335 g/mol. The first-order valence-corrected chi connectivity index (χ1v) is 7.97. The Morgan fingerprint density at radius 2 is 1.96 bits per heavy atom. The van der Waals surface area contributed by atoms with Gasteiger partial charge in [-0.3, -0.25) is 4.79 Å². The van der Waals surface area contributed by atoms with Gasteiger partial charge in [0.15, 0.2) is 5.13 Å². The topological polar surface area (TPSA) is 72.5 Å². The van der Waals surface area contributed by atoms with Gasteiger partial charge in [-0.05, 0) is 32.9 Å². The summed E-state index contributed by atoms with van der Waals surface area (Å²) < 4.78 is 10.5. The van der Waals surface area contributed by atoms with E-state index in [0.717, 1.165) is 5.69 Å². The molecule has 0 fully saturated rings. The number of benzene rings is 1. The van der Waals surface area contributed by atoms with Crippen LogP contribution < -0.4 is 20.1 Å². The summed E-state index contributed by atoms with van der Waals surface area (Å²) in [5, 5.41) is 8.39. The van der Waals surface area contributed by atoms with Crippen LogP contribution in [0.2, 0.25) is 0 Å². The van der Waals surface area contributed by atoms with Crippen molar-refractivity contribution < 1.29 is 14.3 Å². The number of carbonyl (C=O) groups excluding carboxylic acids is 1. The molecular formula is C16H21N3O3S. The zero-order valence-electron chi connectivity index (χ0n) is 13.9. The monoisotopic (exact) mass is 335 g/mol. The molecule has 0 saturated heterocycles. The molecule has 7 heteroatoms. The zero-order chi connectivity index (χ0) is 17.0. The van der Waals surface area contributed by atoms with Gasteiger partial charge in [0.25, 0.3) is 5.91 Å². The van der Waals surface area contributed by atoms with Gasteiger partial charge in [0.1, 0.15) is 17.2 Å². The third-order valence-corrected chi connectivity index (χ3v) is 3.63. The predicted molar refractivity (Wildman–Crippen MR) is 92.2 cm³/mol. The minimum absolute atomic E-state index is 0.191. The van der Waals surface area contributed by atoms with Crippen LogP contribution in [0.25, 0.3) is 0 Å². The molecule has 0 aliphatic rings. The maximum absolute atomic E-state index is 12.1. The molecule has 0 bridgehead atoms. The molecule has 0 radical (unpaired) electrons. The van der Waals surface area contributed by atoms with Crippen molar-refractivity contribution in [2.45, 2.75) is 26.3 Å². The summed E-state index contributed by atoms with van der Waals surface area (Å²) in [5.41, 5.74) is 0.846. The first-order valence-electron chi connectivity index (χ1n) is 7.09. The zero-order valence-corrected chi connectivity index (χ0v) is 14.7. The highest BCUT2D eigenvalue weighted by Crippen LogP contribution is 2.32. The number of hydrogen-bond acceptors (Lipinski definition) is 6. The van der Waals surface area contributed by atoms with Gasteiger partial charge in [-0.25, -0.2) is 4.98 Å². The van der Waals surface area contributed by atoms with Crippen LogP contribution >= 0.6 is 11.3 Å². The number of rotatable bonds is 5. The normalized spacial score (nSPS) is 11.0. The first-order chi connectivity index (χ1) is 10.8. The number of carbonyl (C=O) groups is 1. The largest absolute Gasteiger partial charge is 0.497 e. The van der Waals surface area contributed by atoms with E-state index in [1.165, 1.54) is 11.3 Å². The quantitative estimate of drug-likeness (QED) is 0.876. The van der Waals surface area contributed by atoms with Crippen molar-refractivity contribution in [2.75, 3.05) is 19.5 Å². The Balaban J connectivity index is 2.15. The van der Waals surface area contributed by atoms with Gasteiger partial charge in [-0.15, -0.1) is 11.3 Å². The predicted octanol–water partition coefficient (Wildman–Crippen LogP) is 3.43. The summed E-state index contributed by atoms with van der Waals surface area (Å²) in [6.45, 7) is 5.79. The molecule has 6 nitrogen and oxygen atoms in total. The van der Waals surface area contributed by atoms with Gasteiger partial charge in [0, 0.05) is 17.0 Å². The van der Waals surface area contributed by atoms with Crippen LogP contribution in [-0.2, 0) is 0 Å². The highest BCUT2D eigenvalue weighted by molar-refractivity contribution is 7.14. The van der Waals surface area contributed by atoms with E-state index in [1.54, 1.807) is 25.7 Å². The van der Waals surface area contributed by atoms with Crippen molar-refractivity contribution in [3.05, 3.63) is 29.3 Å². The Hall–Kier alpha value is -2.28. The summed E-state index contributed by atoms with van der Waals surface area (Å²) in [6.07, 6.45) is 0. The summed E-state index contributed by atoms with van der Waals surface area (Å²) in [5.74, 6) is 1.15. The van der Waals surface area contributed by atoms with Crippen molar-refractivity contribution in [3.8, 4) is 11.5 Å². The van der Waals surface area contributed by atoms with Crippen LogP contribution in [0.4, 0.5) is 10.8 Å². The SMILES string of the molecule is COc1ccc(Nc2nc(C(=O)NC(C)(C)C)cs2)c(OC)c1. The number of aromatic nitrogens is 1. The Labute approximate surface area is 139 Å². The molecule has 0 aliphatic heterocycles. The summed E-state index contributed by atoms with van der Waals surface area (Å²) >= 11 is 1.36. The summed E-state index contributed by atoms with van der Waals surface area (Å²) in [4.78, 5) is 16.4. The number of methoxy groups -OCH3 is 2. The van der Waals surface area contributed by atoms with Crippen LogP contribution in [0.15, 0.2) is 23.6 Å². The third-order valence-electron chi connectivity index (χ3n) is 2.88. The minimum atomic E-state index is -0.298. The van der Waals surface area contributed by atoms with Gasteiger partial charge in [0.05, 0.1) is 19.9 Å². The lowest BCUT2D eigenvalue weighted by molar-refractivity contribution is 0.0915. The Morgan fingerprint density at radius 1 is 1.22 bits per heavy atom. The van der Waals surface area contributed by atoms with Gasteiger partial charge >= 0.3 is 0 Å². The van der Waals surface area contributed by atoms with E-state index in [-0.39, 0.29) is 11.4 Å². The molecule has 1 aromatic heterocycles. The maximum Gasteiger partial charge on any atom is 0.271 e. The second kappa shape index (κ2) is 6.87. The fraction of sp³-hybridized carbons (Fsp3) is 0.375. The smallest absolute Gasteiger partial charge is 0.271 e. The molecule has 1 heterocycles. The number of nitrogens with zero attached hydrogens (tertiary/aromatic N) is 1. The molecule has 1 amide bonds. The van der Waals surface area contributed by atoms with Crippen LogP contribution in [-0.4, -0.2) is 30.6 Å². The highest BCUT2D eigenvalue weighted by Gasteiger charge is 2.18. The standard InChI is InChI=1S/C16H21N3O3S/c1-16(2,3)19-14(20)12-9-23-15(18-12)17-11-7-6-10(21-4)8-13(11)22-5/h6-9H,1-5H3,(H,17,18)(H,19,20). The Kier molecular flexibility index (Phi) is 5.10. The van der Waals surface area contributed by atoms with Crippen LogP contribution in [0.3, 0.4) is 0 Å². The van der Waals surface area contributed by atoms with Crippen LogP contribution in [0.1, 0.15) is 31.3 Å². The lowest BCUT2D eigenvalue weighted by Crippen LogP contribution is -2.40. The molecule has 23 heavy (non-hydrogen) atoms. The molecule has 1 aromatic carbocycles. The summed E-state index contributed by atoms with van der Waals surface area (Å²) in [6, 6.07) is 5.45. The van der Waals surface area contributed by atoms with E-state index in [2.05, 4.69) is 15.6 Å². The lowest BCUT2D eigenvalue weighted by atomic mass is 10.1. The van der Waals surface area contributed by atoms with Gasteiger partial charge in [-0.2, -0.15) is 0 Å². The molecule has 0 saturated carbocycles. The Bertz CT molecular complexity index is 692. The fourth-order valence-corrected chi connectivity index (χ4v) is 2.56. The summed E-state index contributed by atoms with van der Waals surface area (Å²) in [7, 11) is 3.19. The Morgan fingerprint density at radius 3 is 2.57 bits per heavy atom. The van der Waals surface area contributed by atoms with Crippen LogP contribution in [0.5, 0.6) is 11.5 Å². The molecule has 2 N–H and O–H groups in total. The van der Waals surface area contributed by atoms with Gasteiger partial charge in [0.2, 0.25) is 0 Å². The molecule has 2 aromatic rings. The molecule has 2 rings (SSSR count). The van der Waals surface area contributed by atoms with E-state index in [9.17, 15) is 4.79 Å². The van der Waals surface area contributed by atoms with Crippen molar-refractivity contribution >= 4 is 28.1 Å². The van der Waals surface area contributed by atoms with Crippen molar-refractivity contribution in [3.63, 3.8) is 0 Å². The van der Waals surface area contributed by atoms with Gasteiger partial charge in [-0.1, -0.05) is 0 Å². The van der Waals surface area contributed by atoms with E-state index < -0.39 is 0 Å². The van der Waals surface area contributed by atoms with E-state index >= 15 is 0 Å². The number of ether oxygens (including phenoxy) is 2. The number of thiazole rings is 1. The highest BCUT2D eigenvalue weighted by atomic mass is 32.1. The number of nitrogens with one attached hydrogen (secondary N) is 2. The van der Waals surface area contributed by atoms with Crippen molar-refractivity contribution in [1.29, 1.82) is 0 Å². The average Bonchev–Trinajstić information content (AvgIpc) is 2.94. The maximum atomic E-state index is 12.1. The second-order valence-corrected chi connectivity index (χ2v) is 6.79. The minimum Gasteiger partial charge on any atom is -0.497 e. The van der Waals surface area contributed by atoms with Crippen molar-refractivity contribution in [2.24, 2.45) is 0 Å². The van der Waals surface area contributed by atoms with Gasteiger partial charge < -0.3 is 20.1 Å². The van der Waals surface area contributed by atoms with E-state index in [0.29, 0.717) is 22.3 Å².